The third-order valence-corrected chi connectivity index (χ3v) is 25.4. The number of quaternary nitrogens is 2. The third kappa shape index (κ3) is 12.7. The van der Waals surface area contributed by atoms with Crippen LogP contribution in [0.3, 0.4) is 0 Å². The molecule has 0 amide bonds. The molecule has 2 unspecified atom stereocenters. The van der Waals surface area contributed by atoms with Crippen molar-refractivity contribution in [2.45, 2.75) is 236 Å². The molecule has 0 aromatic rings. The van der Waals surface area contributed by atoms with Gasteiger partial charge in [-0.1, -0.05) is 131 Å². The zero-order chi connectivity index (χ0) is 53.1. The van der Waals surface area contributed by atoms with Gasteiger partial charge in [0.2, 0.25) is 0 Å². The molecule has 6 heteroatoms. The van der Waals surface area contributed by atoms with Crippen LogP contribution in [-0.2, 0) is 9.47 Å². The summed E-state index contributed by atoms with van der Waals surface area (Å²) in [6.07, 6.45) is 38.4. The molecular formula is C68H122N2O4+2. The van der Waals surface area contributed by atoms with E-state index >= 15 is 0 Å². The highest BCUT2D eigenvalue weighted by molar-refractivity contribution is 5.27. The molecule has 0 heterocycles. The van der Waals surface area contributed by atoms with Crippen molar-refractivity contribution in [3.05, 3.63) is 23.3 Å². The molecular weight excluding hydrogens is 909 g/mol. The van der Waals surface area contributed by atoms with Gasteiger partial charge in [0.1, 0.15) is 26.2 Å². The maximum atomic E-state index is 10.2. The highest BCUT2D eigenvalue weighted by atomic mass is 16.5. The Labute approximate surface area is 458 Å². The number of aliphatic hydroxyl groups is 2. The van der Waals surface area contributed by atoms with Crippen molar-refractivity contribution in [3.63, 3.8) is 0 Å². The Morgan fingerprint density at radius 2 is 0.892 bits per heavy atom. The lowest BCUT2D eigenvalue weighted by Gasteiger charge is -2.58. The van der Waals surface area contributed by atoms with Gasteiger partial charge in [0.05, 0.1) is 65.8 Å². The molecule has 8 rings (SSSR count). The lowest BCUT2D eigenvalue weighted by molar-refractivity contribution is -0.916. The molecule has 6 fully saturated rings. The highest BCUT2D eigenvalue weighted by Crippen LogP contribution is 2.69. The highest BCUT2D eigenvalue weighted by Gasteiger charge is 2.61. The van der Waals surface area contributed by atoms with Crippen LogP contribution in [0.2, 0.25) is 0 Å². The van der Waals surface area contributed by atoms with Crippen LogP contribution in [-0.4, -0.2) is 111 Å². The molecule has 0 aromatic heterocycles. The van der Waals surface area contributed by atoms with Gasteiger partial charge in [-0.3, -0.25) is 0 Å². The molecule has 6 nitrogen and oxygen atoms in total. The fraction of sp³-hybridized carbons (Fsp3) is 0.941. The van der Waals surface area contributed by atoms with Crippen molar-refractivity contribution in [2.24, 2.45) is 92.7 Å². The molecule has 6 saturated carbocycles. The lowest BCUT2D eigenvalue weighted by Crippen LogP contribution is -2.52. The predicted octanol–water partition coefficient (Wildman–Crippen LogP) is 15.5. The largest absolute Gasteiger partial charge is 0.391 e. The Morgan fingerprint density at radius 3 is 1.27 bits per heavy atom. The van der Waals surface area contributed by atoms with Crippen molar-refractivity contribution in [3.8, 4) is 0 Å². The smallest absolute Gasteiger partial charge is 0.102 e. The first-order valence-corrected chi connectivity index (χ1v) is 32.7. The second kappa shape index (κ2) is 24.9. The van der Waals surface area contributed by atoms with Gasteiger partial charge in [-0.05, 0) is 195 Å². The number of hydrogen-bond donors (Lipinski definition) is 2. The zero-order valence-corrected chi connectivity index (χ0v) is 50.9. The molecule has 18 atom stereocenters. The minimum atomic E-state index is 0.220. The van der Waals surface area contributed by atoms with Crippen molar-refractivity contribution in [2.75, 3.05) is 79.8 Å². The van der Waals surface area contributed by atoms with Crippen molar-refractivity contribution >= 4 is 0 Å². The zero-order valence-electron chi connectivity index (χ0n) is 50.9. The predicted molar refractivity (Wildman–Crippen MR) is 311 cm³/mol. The van der Waals surface area contributed by atoms with Gasteiger partial charge in [-0.15, -0.1) is 0 Å². The van der Waals surface area contributed by atoms with Crippen LogP contribution in [0.4, 0.5) is 0 Å². The Balaban J connectivity index is 0.754. The Morgan fingerprint density at radius 1 is 0.486 bits per heavy atom. The first kappa shape index (κ1) is 59.4. The van der Waals surface area contributed by atoms with E-state index in [9.17, 15) is 10.2 Å². The van der Waals surface area contributed by atoms with Crippen molar-refractivity contribution in [1.29, 1.82) is 0 Å². The number of allylic oxidation sites excluding steroid dienone is 2. The summed E-state index contributed by atoms with van der Waals surface area (Å²) in [5.74, 6) is 10.6. The number of unbranched alkanes of at least 4 members (excludes halogenated alkanes) is 1. The summed E-state index contributed by atoms with van der Waals surface area (Å²) in [4.78, 5) is 0. The molecule has 8 aliphatic rings. The van der Waals surface area contributed by atoms with Gasteiger partial charge in [-0.2, -0.15) is 0 Å². The molecule has 0 aliphatic heterocycles. The maximum Gasteiger partial charge on any atom is 0.102 e. The fourth-order valence-electron chi connectivity index (χ4n) is 20.6. The summed E-state index contributed by atoms with van der Waals surface area (Å²) in [5.41, 5.74) is 5.29. The number of nitrogens with zero attached hydrogens (tertiary/aromatic N) is 2. The van der Waals surface area contributed by atoms with Gasteiger partial charge in [-0.25, -0.2) is 0 Å². The maximum absolute atomic E-state index is 10.2. The van der Waals surface area contributed by atoms with Gasteiger partial charge in [0, 0.05) is 12.8 Å². The van der Waals surface area contributed by atoms with Crippen LogP contribution in [0.1, 0.15) is 223 Å². The summed E-state index contributed by atoms with van der Waals surface area (Å²) >= 11 is 0. The molecule has 0 bridgehead atoms. The quantitative estimate of drug-likeness (QED) is 0.0489. The second-order valence-corrected chi connectivity index (χ2v) is 30.8. The average molecular weight is 1030 g/mol. The van der Waals surface area contributed by atoms with E-state index in [2.05, 4.69) is 95.5 Å². The van der Waals surface area contributed by atoms with E-state index in [0.29, 0.717) is 33.9 Å². The van der Waals surface area contributed by atoms with Gasteiger partial charge in [0.25, 0.3) is 0 Å². The third-order valence-electron chi connectivity index (χ3n) is 25.4. The fourth-order valence-corrected chi connectivity index (χ4v) is 20.6. The standard InChI is InChI=1S/C68H122N2O4/c1-49(2)17-15-19-51(5)59-25-27-61-57-23-21-53-47-55(29-33-65(53,7)63(57)31-35-67(59,61)9)73-45-41-69(11,39-43-71)37-13-14-38-70(12,40-44-72)42-46-74-56-30-34-66(8)54(48-56)22-24-58-62-28-26-60(52(6)20-16-18-50(3)4)68(62,10)36-32-64(58)66/h21-22,49-52,55-64,71-72H,13-20,23-48H2,1-12H3/q+2/t51-,52-,55+,56+,57+,58+,59-,60-,61+,62+,63+,64+,65+,66+,67-,68-,69?,70?/m1/s1. The van der Waals surface area contributed by atoms with Crippen LogP contribution in [0.5, 0.6) is 0 Å². The monoisotopic (exact) mass is 1030 g/mol. The van der Waals surface area contributed by atoms with E-state index in [-0.39, 0.29) is 13.2 Å². The average Bonchev–Trinajstić information content (AvgIpc) is 3.90. The summed E-state index contributed by atoms with van der Waals surface area (Å²) in [5, 5.41) is 20.5. The van der Waals surface area contributed by atoms with E-state index in [1.807, 2.05) is 0 Å². The van der Waals surface area contributed by atoms with Crippen LogP contribution in [0.25, 0.3) is 0 Å². The molecule has 426 valence electrons. The number of rotatable bonds is 27. The molecule has 2 N–H and O–H groups in total. The van der Waals surface area contributed by atoms with Crippen molar-refractivity contribution in [1.82, 2.24) is 0 Å². The van der Waals surface area contributed by atoms with E-state index < -0.39 is 0 Å². The van der Waals surface area contributed by atoms with Gasteiger partial charge < -0.3 is 28.7 Å². The Kier molecular flexibility index (Phi) is 20.0. The molecule has 0 aromatic carbocycles. The number of likely N-dealkylation sites (N-methyl/N-ethyl adjacent to an activating group) is 2. The van der Waals surface area contributed by atoms with Crippen molar-refractivity contribution < 1.29 is 28.7 Å². The van der Waals surface area contributed by atoms with Crippen LogP contribution in [0.15, 0.2) is 23.3 Å². The molecule has 0 saturated heterocycles. The molecule has 0 radical (unpaired) electrons. The summed E-state index contributed by atoms with van der Waals surface area (Å²) in [6, 6.07) is 0. The second-order valence-electron chi connectivity index (χ2n) is 30.8. The number of aliphatic hydroxyl groups excluding tert-OH is 2. The van der Waals surface area contributed by atoms with E-state index in [4.69, 9.17) is 9.47 Å². The summed E-state index contributed by atoms with van der Waals surface area (Å²) in [6.45, 7) is 33.2. The van der Waals surface area contributed by atoms with Gasteiger partial charge >= 0.3 is 0 Å². The normalized spacial score (nSPS) is 40.2. The number of hydrogen-bond acceptors (Lipinski definition) is 4. The lowest BCUT2D eigenvalue weighted by atomic mass is 9.47. The first-order chi connectivity index (χ1) is 35.2. The first-order valence-electron chi connectivity index (χ1n) is 32.7. The number of fused-ring (bicyclic) bond motifs is 10. The topological polar surface area (TPSA) is 58.9 Å². The molecule has 0 spiro atoms. The Bertz CT molecular complexity index is 1720. The van der Waals surface area contributed by atoms with Crippen LogP contribution < -0.4 is 0 Å². The molecule has 8 aliphatic carbocycles. The molecule has 74 heavy (non-hydrogen) atoms. The summed E-state index contributed by atoms with van der Waals surface area (Å²) < 4.78 is 15.4. The number of ether oxygens (including phenoxy) is 2. The van der Waals surface area contributed by atoms with E-state index in [1.54, 1.807) is 11.1 Å². The summed E-state index contributed by atoms with van der Waals surface area (Å²) in [7, 11) is 4.69. The Hall–Kier alpha value is -0.760. The van der Waals surface area contributed by atoms with Crippen LogP contribution >= 0.6 is 0 Å². The van der Waals surface area contributed by atoms with Gasteiger partial charge in [0.15, 0.2) is 0 Å². The minimum absolute atomic E-state index is 0.220. The SMILES string of the molecule is CC(C)CCC[C@@H](C)[C@H]1CC[C@H]2[C@@H]3CC=C4C[C@@H](OCC[N+](C)(CCO)CCCC[N+](C)(CCO)CCO[C@H]5CC[C@@]6(C)C(=CC[C@H]7[C@@H]8CC[C@H]([C@H](C)CCCC(C)C)[C@@]8(C)CC[C@@H]76)C5)CC[C@]4(C)[C@H]3CC[C@]12C. The van der Waals surface area contributed by atoms with Crippen LogP contribution in [0, 0.1) is 92.7 Å². The van der Waals surface area contributed by atoms with E-state index in [1.165, 1.54) is 128 Å². The van der Waals surface area contributed by atoms with E-state index in [0.717, 1.165) is 158 Å². The minimum Gasteiger partial charge on any atom is -0.391 e.